The van der Waals surface area contributed by atoms with Gasteiger partial charge in [0.05, 0.1) is 37.1 Å². The second-order valence-electron chi connectivity index (χ2n) is 6.01. The van der Waals surface area contributed by atoms with Gasteiger partial charge in [0.2, 0.25) is 0 Å². The topological polar surface area (TPSA) is 69.7 Å². The van der Waals surface area contributed by atoms with Gasteiger partial charge in [0, 0.05) is 17.5 Å². The quantitative estimate of drug-likeness (QED) is 0.530. The zero-order chi connectivity index (χ0) is 19.7. The van der Waals surface area contributed by atoms with Crippen molar-refractivity contribution in [2.45, 2.75) is 0 Å². The number of nitrogens with zero attached hydrogens (tertiary/aromatic N) is 1. The number of amides is 1. The van der Waals surface area contributed by atoms with E-state index in [4.69, 9.17) is 14.2 Å². The first-order valence-electron chi connectivity index (χ1n) is 8.54. The van der Waals surface area contributed by atoms with E-state index in [1.165, 1.54) is 32.7 Å². The lowest BCUT2D eigenvalue weighted by molar-refractivity contribution is 0.102. The molecule has 1 aromatic heterocycles. The van der Waals surface area contributed by atoms with Crippen LogP contribution in [0.15, 0.2) is 48.5 Å². The van der Waals surface area contributed by atoms with Gasteiger partial charge in [-0.3, -0.25) is 10.1 Å². The molecule has 0 fully saturated rings. The monoisotopic (exact) mass is 394 g/mol. The molecule has 28 heavy (non-hydrogen) atoms. The zero-order valence-electron chi connectivity index (χ0n) is 15.6. The fraction of sp³-hybridized carbons (Fsp3) is 0.143. The number of thiazole rings is 1. The fourth-order valence-corrected chi connectivity index (χ4v) is 3.96. The van der Waals surface area contributed by atoms with Gasteiger partial charge in [-0.1, -0.05) is 41.7 Å². The van der Waals surface area contributed by atoms with Gasteiger partial charge in [-0.15, -0.1) is 0 Å². The van der Waals surface area contributed by atoms with E-state index in [1.54, 1.807) is 12.1 Å². The number of carbonyl (C=O) groups is 1. The van der Waals surface area contributed by atoms with E-state index in [-0.39, 0.29) is 5.91 Å². The molecule has 0 aliphatic rings. The molecule has 1 N–H and O–H groups in total. The van der Waals surface area contributed by atoms with Crippen LogP contribution in [-0.4, -0.2) is 32.2 Å². The fourth-order valence-electron chi connectivity index (χ4n) is 3.09. The Labute approximate surface area is 165 Å². The van der Waals surface area contributed by atoms with Crippen molar-refractivity contribution >= 4 is 43.4 Å². The minimum atomic E-state index is -0.332. The molecule has 0 atom stereocenters. The highest BCUT2D eigenvalue weighted by Gasteiger charge is 2.19. The maximum atomic E-state index is 12.9. The van der Waals surface area contributed by atoms with Crippen molar-refractivity contribution < 1.29 is 19.0 Å². The number of benzene rings is 3. The van der Waals surface area contributed by atoms with Gasteiger partial charge >= 0.3 is 0 Å². The Morgan fingerprint density at radius 1 is 0.929 bits per heavy atom. The normalized spacial score (nSPS) is 10.8. The summed E-state index contributed by atoms with van der Waals surface area (Å²) in [5.41, 5.74) is 1.21. The highest BCUT2D eigenvalue weighted by Crippen LogP contribution is 2.36. The van der Waals surface area contributed by atoms with Gasteiger partial charge < -0.3 is 14.2 Å². The van der Waals surface area contributed by atoms with Gasteiger partial charge in [0.1, 0.15) is 5.75 Å². The summed E-state index contributed by atoms with van der Waals surface area (Å²) in [6.07, 6.45) is 0. The number of hydrogen-bond acceptors (Lipinski definition) is 6. The second kappa shape index (κ2) is 7.36. The molecule has 0 unspecified atom stereocenters. The summed E-state index contributed by atoms with van der Waals surface area (Å²) in [4.78, 5) is 17.5. The van der Waals surface area contributed by atoms with Crippen molar-refractivity contribution in [1.29, 1.82) is 0 Å². The van der Waals surface area contributed by atoms with Crippen LogP contribution in [0.1, 0.15) is 10.4 Å². The molecule has 1 amide bonds. The molecular weight excluding hydrogens is 376 g/mol. The number of nitrogens with one attached hydrogen (secondary N) is 1. The average molecular weight is 394 g/mol. The molecule has 3 aromatic carbocycles. The summed E-state index contributed by atoms with van der Waals surface area (Å²) in [6.45, 7) is 0. The number of fused-ring (bicyclic) bond motifs is 3. The Morgan fingerprint density at radius 2 is 1.64 bits per heavy atom. The summed E-state index contributed by atoms with van der Waals surface area (Å²) in [5, 5.41) is 5.56. The van der Waals surface area contributed by atoms with E-state index in [0.717, 1.165) is 21.0 Å². The van der Waals surface area contributed by atoms with Crippen molar-refractivity contribution in [2.75, 3.05) is 26.6 Å². The Bertz CT molecular complexity index is 1190. The van der Waals surface area contributed by atoms with Gasteiger partial charge in [-0.2, -0.15) is 0 Å². The van der Waals surface area contributed by atoms with E-state index in [1.807, 2.05) is 30.3 Å². The molecule has 6 nitrogen and oxygen atoms in total. The lowest BCUT2D eigenvalue weighted by Gasteiger charge is -2.13. The molecule has 7 heteroatoms. The maximum absolute atomic E-state index is 12.9. The number of ether oxygens (including phenoxy) is 3. The third-order valence-electron chi connectivity index (χ3n) is 4.45. The minimum Gasteiger partial charge on any atom is -0.496 e. The molecule has 142 valence electrons. The summed E-state index contributed by atoms with van der Waals surface area (Å²) < 4.78 is 16.9. The first kappa shape index (κ1) is 18.1. The number of hydrogen-bond donors (Lipinski definition) is 1. The summed E-state index contributed by atoms with van der Waals surface area (Å²) in [6, 6.07) is 15.3. The molecule has 0 aliphatic carbocycles. The molecule has 4 rings (SSSR count). The van der Waals surface area contributed by atoms with Crippen LogP contribution in [0.2, 0.25) is 0 Å². The van der Waals surface area contributed by atoms with Gasteiger partial charge in [0.15, 0.2) is 16.6 Å². The number of methoxy groups -OCH3 is 3. The Kier molecular flexibility index (Phi) is 4.75. The smallest absolute Gasteiger partial charge is 0.261 e. The number of aromatic nitrogens is 1. The van der Waals surface area contributed by atoms with E-state index >= 15 is 0 Å². The second-order valence-corrected chi connectivity index (χ2v) is 7.04. The van der Waals surface area contributed by atoms with Crippen molar-refractivity contribution in [3.05, 3.63) is 54.1 Å². The summed E-state index contributed by atoms with van der Waals surface area (Å²) >= 11 is 1.43. The standard InChI is InChI=1S/C21H18N2O4S/c1-25-15-11-17(27-3)16(26-2)10-14(15)20(24)23-21-22-19-13-7-5-4-6-12(13)8-9-18(19)28-21/h4-11H,1-3H3,(H,22,23,24). The van der Waals surface area contributed by atoms with E-state index in [0.29, 0.717) is 27.9 Å². The van der Waals surface area contributed by atoms with Crippen LogP contribution < -0.4 is 19.5 Å². The zero-order valence-corrected chi connectivity index (χ0v) is 16.4. The largest absolute Gasteiger partial charge is 0.496 e. The Hall–Kier alpha value is -3.32. The number of carbonyl (C=O) groups excluding carboxylic acids is 1. The first-order valence-corrected chi connectivity index (χ1v) is 9.36. The van der Waals surface area contributed by atoms with Crippen molar-refractivity contribution in [3.63, 3.8) is 0 Å². The highest BCUT2D eigenvalue weighted by molar-refractivity contribution is 7.22. The third kappa shape index (κ3) is 3.10. The van der Waals surface area contributed by atoms with Crippen LogP contribution in [0.3, 0.4) is 0 Å². The van der Waals surface area contributed by atoms with Crippen LogP contribution in [-0.2, 0) is 0 Å². The van der Waals surface area contributed by atoms with Crippen LogP contribution in [0.25, 0.3) is 21.0 Å². The van der Waals surface area contributed by atoms with Crippen LogP contribution >= 0.6 is 11.3 Å². The third-order valence-corrected chi connectivity index (χ3v) is 5.39. The predicted molar refractivity (Wildman–Crippen MR) is 111 cm³/mol. The van der Waals surface area contributed by atoms with Crippen molar-refractivity contribution in [2.24, 2.45) is 0 Å². The van der Waals surface area contributed by atoms with Gasteiger partial charge in [-0.05, 0) is 11.5 Å². The molecule has 1 heterocycles. The van der Waals surface area contributed by atoms with Crippen LogP contribution in [0.5, 0.6) is 17.2 Å². The molecular formula is C21H18N2O4S. The molecule has 0 saturated heterocycles. The molecule has 0 aliphatic heterocycles. The lowest BCUT2D eigenvalue weighted by atomic mass is 10.1. The molecule has 0 radical (unpaired) electrons. The Morgan fingerprint density at radius 3 is 2.39 bits per heavy atom. The number of anilines is 1. The average Bonchev–Trinajstić information content (AvgIpc) is 3.15. The van der Waals surface area contributed by atoms with Crippen molar-refractivity contribution in [3.8, 4) is 17.2 Å². The molecule has 0 saturated carbocycles. The van der Waals surface area contributed by atoms with Crippen molar-refractivity contribution in [1.82, 2.24) is 4.98 Å². The minimum absolute atomic E-state index is 0.332. The molecule has 4 aromatic rings. The van der Waals surface area contributed by atoms with E-state index < -0.39 is 0 Å². The first-order chi connectivity index (χ1) is 13.6. The summed E-state index contributed by atoms with van der Waals surface area (Å²) in [7, 11) is 4.55. The SMILES string of the molecule is COc1cc(OC)c(C(=O)Nc2nc3c(ccc4ccccc43)s2)cc1OC. The van der Waals surface area contributed by atoms with Gasteiger partial charge in [-0.25, -0.2) is 4.98 Å². The molecule has 0 bridgehead atoms. The predicted octanol–water partition coefficient (Wildman–Crippen LogP) is 4.73. The molecule has 0 spiro atoms. The van der Waals surface area contributed by atoms with Crippen LogP contribution in [0.4, 0.5) is 5.13 Å². The van der Waals surface area contributed by atoms with Gasteiger partial charge in [0.25, 0.3) is 5.91 Å². The van der Waals surface area contributed by atoms with E-state index in [9.17, 15) is 4.79 Å². The Balaban J connectivity index is 1.71. The lowest BCUT2D eigenvalue weighted by Crippen LogP contribution is -2.13. The van der Waals surface area contributed by atoms with E-state index in [2.05, 4.69) is 16.4 Å². The van der Waals surface area contributed by atoms with Crippen LogP contribution in [0, 0.1) is 0 Å². The summed E-state index contributed by atoms with van der Waals surface area (Å²) in [5.74, 6) is 0.994. The maximum Gasteiger partial charge on any atom is 0.261 e. The highest BCUT2D eigenvalue weighted by atomic mass is 32.1. The number of rotatable bonds is 5.